The monoisotopic (exact) mass is 346 g/mol. The molecule has 1 aromatic rings. The summed E-state index contributed by atoms with van der Waals surface area (Å²) in [5, 5.41) is 20.9. The molecule has 1 aliphatic heterocycles. The first kappa shape index (κ1) is 14.7. The van der Waals surface area contributed by atoms with Gasteiger partial charge in [0, 0.05) is 17.4 Å². The minimum Gasteiger partial charge on any atom is -0.480 e. The van der Waals surface area contributed by atoms with Crippen molar-refractivity contribution in [3.05, 3.63) is 28.5 Å². The van der Waals surface area contributed by atoms with Gasteiger partial charge in [-0.2, -0.15) is 0 Å². The van der Waals surface area contributed by atoms with Crippen molar-refractivity contribution in [1.29, 1.82) is 0 Å². The van der Waals surface area contributed by atoms with Crippen LogP contribution in [0.1, 0.15) is 6.42 Å². The number of halogens is 2. The molecule has 1 saturated heterocycles. The largest absolute Gasteiger partial charge is 0.480 e. The van der Waals surface area contributed by atoms with Crippen LogP contribution in [-0.2, 0) is 4.79 Å². The number of likely N-dealkylation sites (tertiary alicyclic amines) is 1. The Labute approximate surface area is 122 Å². The predicted octanol–water partition coefficient (Wildman–Crippen LogP) is 1.64. The van der Waals surface area contributed by atoms with Gasteiger partial charge in [0.2, 0.25) is 0 Å². The zero-order valence-electron chi connectivity index (χ0n) is 10.2. The van der Waals surface area contributed by atoms with Crippen molar-refractivity contribution in [2.75, 3.05) is 11.9 Å². The summed E-state index contributed by atoms with van der Waals surface area (Å²) in [4.78, 5) is 24.1. The molecule has 0 saturated carbocycles. The smallest absolute Gasteiger partial charge is 0.326 e. The van der Waals surface area contributed by atoms with Crippen LogP contribution in [0, 0.1) is 5.82 Å². The van der Waals surface area contributed by atoms with Crippen LogP contribution in [0.15, 0.2) is 22.7 Å². The van der Waals surface area contributed by atoms with E-state index in [1.807, 2.05) is 0 Å². The standard InChI is InChI=1S/C12H12BrFN2O4/c13-8-2-1-6(14)3-9(8)15-12(20)16-5-7(17)4-10(16)11(18)19/h1-3,7,10,17H,4-5H2,(H,15,20)(H,18,19). The van der Waals surface area contributed by atoms with Gasteiger partial charge in [-0.25, -0.2) is 14.0 Å². The lowest BCUT2D eigenvalue weighted by Crippen LogP contribution is -2.43. The number of carbonyl (C=O) groups is 2. The fraction of sp³-hybridized carbons (Fsp3) is 0.333. The van der Waals surface area contributed by atoms with Crippen LogP contribution in [0.25, 0.3) is 0 Å². The molecule has 3 N–H and O–H groups in total. The van der Waals surface area contributed by atoms with Crippen molar-refractivity contribution in [1.82, 2.24) is 4.90 Å². The van der Waals surface area contributed by atoms with Gasteiger partial charge in [-0.3, -0.25) is 0 Å². The van der Waals surface area contributed by atoms with Gasteiger partial charge in [-0.05, 0) is 34.1 Å². The van der Waals surface area contributed by atoms with Gasteiger partial charge >= 0.3 is 12.0 Å². The Kier molecular flexibility index (Phi) is 4.24. The topological polar surface area (TPSA) is 89.9 Å². The van der Waals surface area contributed by atoms with Gasteiger partial charge in [-0.15, -0.1) is 0 Å². The average molecular weight is 347 g/mol. The minimum atomic E-state index is -1.19. The Morgan fingerprint density at radius 2 is 2.15 bits per heavy atom. The van der Waals surface area contributed by atoms with Crippen LogP contribution < -0.4 is 5.32 Å². The molecule has 1 aliphatic rings. The zero-order chi connectivity index (χ0) is 14.9. The molecule has 108 valence electrons. The Hall–Kier alpha value is -1.67. The van der Waals surface area contributed by atoms with Crippen LogP contribution in [-0.4, -0.2) is 45.8 Å². The normalized spacial score (nSPS) is 21.9. The van der Waals surface area contributed by atoms with Gasteiger partial charge < -0.3 is 20.4 Å². The van der Waals surface area contributed by atoms with E-state index in [1.165, 1.54) is 12.1 Å². The molecule has 2 atom stereocenters. The number of anilines is 1. The molecule has 0 spiro atoms. The summed E-state index contributed by atoms with van der Waals surface area (Å²) >= 11 is 3.16. The van der Waals surface area contributed by atoms with Gasteiger partial charge in [-0.1, -0.05) is 0 Å². The number of hydrogen-bond acceptors (Lipinski definition) is 3. The second-order valence-electron chi connectivity index (χ2n) is 4.45. The van der Waals surface area contributed by atoms with Crippen LogP contribution in [0.2, 0.25) is 0 Å². The second kappa shape index (κ2) is 5.76. The van der Waals surface area contributed by atoms with E-state index in [-0.39, 0.29) is 18.7 Å². The first-order valence-electron chi connectivity index (χ1n) is 5.82. The Morgan fingerprint density at radius 1 is 1.45 bits per heavy atom. The highest BCUT2D eigenvalue weighted by Crippen LogP contribution is 2.25. The Bertz CT molecular complexity index is 554. The van der Waals surface area contributed by atoms with E-state index < -0.39 is 30.0 Å². The molecule has 1 fully saturated rings. The Morgan fingerprint density at radius 3 is 2.80 bits per heavy atom. The zero-order valence-corrected chi connectivity index (χ0v) is 11.8. The molecule has 8 heteroatoms. The van der Waals surface area contributed by atoms with Gasteiger partial charge in [0.25, 0.3) is 0 Å². The number of aliphatic hydroxyl groups excluding tert-OH is 1. The van der Waals surface area contributed by atoms with E-state index in [1.54, 1.807) is 0 Å². The van der Waals surface area contributed by atoms with E-state index in [2.05, 4.69) is 21.2 Å². The molecule has 1 aromatic carbocycles. The number of β-amino-alcohol motifs (C(OH)–C–C–N with tert-alkyl or cyclic N) is 1. The number of amides is 2. The molecule has 6 nitrogen and oxygen atoms in total. The fourth-order valence-corrected chi connectivity index (χ4v) is 2.40. The third kappa shape index (κ3) is 3.07. The van der Waals surface area contributed by atoms with Gasteiger partial charge in [0.1, 0.15) is 11.9 Å². The van der Waals surface area contributed by atoms with Gasteiger partial charge in [0.15, 0.2) is 0 Å². The predicted molar refractivity (Wildman–Crippen MR) is 71.9 cm³/mol. The maximum atomic E-state index is 13.1. The summed E-state index contributed by atoms with van der Waals surface area (Å²) in [5.74, 6) is -1.71. The first-order chi connectivity index (χ1) is 9.38. The van der Waals surface area contributed by atoms with E-state index in [9.17, 15) is 19.1 Å². The summed E-state index contributed by atoms with van der Waals surface area (Å²) in [6.07, 6.45) is -0.898. The molecular weight excluding hydrogens is 335 g/mol. The number of nitrogens with one attached hydrogen (secondary N) is 1. The number of nitrogens with zero attached hydrogens (tertiary/aromatic N) is 1. The fourth-order valence-electron chi connectivity index (χ4n) is 2.05. The van der Waals surface area contributed by atoms with Crippen molar-refractivity contribution in [3.8, 4) is 0 Å². The SMILES string of the molecule is O=C(O)C1CC(O)CN1C(=O)Nc1cc(F)ccc1Br. The summed E-state index contributed by atoms with van der Waals surface area (Å²) in [6, 6.07) is 1.99. The van der Waals surface area contributed by atoms with Crippen LogP contribution >= 0.6 is 15.9 Å². The molecule has 0 radical (unpaired) electrons. The number of carboxylic acid groups (broad SMARTS) is 1. The highest BCUT2D eigenvalue weighted by Gasteiger charge is 2.39. The van der Waals surface area contributed by atoms with Crippen LogP contribution in [0.5, 0.6) is 0 Å². The third-order valence-corrected chi connectivity index (χ3v) is 3.69. The van der Waals surface area contributed by atoms with Crippen molar-refractivity contribution in [2.24, 2.45) is 0 Å². The quantitative estimate of drug-likeness (QED) is 0.759. The Balaban J connectivity index is 2.15. The molecule has 0 aromatic heterocycles. The maximum Gasteiger partial charge on any atom is 0.326 e. The number of carbonyl (C=O) groups excluding carboxylic acids is 1. The summed E-state index contributed by atoms with van der Waals surface area (Å²) in [5.41, 5.74) is 0.195. The van der Waals surface area contributed by atoms with Crippen LogP contribution in [0.4, 0.5) is 14.9 Å². The van der Waals surface area contributed by atoms with Crippen LogP contribution in [0.3, 0.4) is 0 Å². The number of benzene rings is 1. The second-order valence-corrected chi connectivity index (χ2v) is 5.30. The number of aliphatic hydroxyl groups is 1. The van der Waals surface area contributed by atoms with Crippen molar-refractivity contribution >= 4 is 33.6 Å². The minimum absolute atomic E-state index is 0.0208. The molecule has 1 heterocycles. The summed E-state index contributed by atoms with van der Waals surface area (Å²) in [7, 11) is 0. The number of urea groups is 1. The highest BCUT2D eigenvalue weighted by molar-refractivity contribution is 9.10. The lowest BCUT2D eigenvalue weighted by atomic mass is 10.2. The van der Waals surface area contributed by atoms with Crippen molar-refractivity contribution in [3.63, 3.8) is 0 Å². The number of carboxylic acids is 1. The average Bonchev–Trinajstić information content (AvgIpc) is 2.76. The van der Waals surface area contributed by atoms with E-state index in [0.717, 1.165) is 11.0 Å². The van der Waals surface area contributed by atoms with Crippen molar-refractivity contribution < 1.29 is 24.2 Å². The number of aliphatic carboxylic acids is 1. The highest BCUT2D eigenvalue weighted by atomic mass is 79.9. The molecule has 0 aliphatic carbocycles. The summed E-state index contributed by atoms with van der Waals surface area (Å²) < 4.78 is 13.6. The van der Waals surface area contributed by atoms with E-state index >= 15 is 0 Å². The summed E-state index contributed by atoms with van der Waals surface area (Å²) in [6.45, 7) is -0.0737. The lowest BCUT2D eigenvalue weighted by Gasteiger charge is -2.21. The van der Waals surface area contributed by atoms with E-state index in [4.69, 9.17) is 5.11 Å². The number of hydrogen-bond donors (Lipinski definition) is 3. The third-order valence-electron chi connectivity index (χ3n) is 2.99. The lowest BCUT2D eigenvalue weighted by molar-refractivity contribution is -0.141. The molecule has 2 unspecified atom stereocenters. The number of rotatable bonds is 2. The van der Waals surface area contributed by atoms with Gasteiger partial charge in [0.05, 0.1) is 11.8 Å². The molecule has 2 rings (SSSR count). The molecule has 20 heavy (non-hydrogen) atoms. The molecule has 0 bridgehead atoms. The maximum absolute atomic E-state index is 13.1. The first-order valence-corrected chi connectivity index (χ1v) is 6.61. The van der Waals surface area contributed by atoms with Crippen molar-refractivity contribution in [2.45, 2.75) is 18.6 Å². The van der Waals surface area contributed by atoms with E-state index in [0.29, 0.717) is 4.47 Å². The molecule has 2 amide bonds. The molecular formula is C12H12BrFN2O4.